The molecule has 0 spiro atoms. The summed E-state index contributed by atoms with van der Waals surface area (Å²) in [5.41, 5.74) is 1.94. The van der Waals surface area contributed by atoms with E-state index in [1.807, 2.05) is 30.3 Å². The number of carbonyl (C=O) groups is 1. The standard InChI is InChI=1S/C21H21N3O4/c1-27-21(26)15-8-6-14(7-9-15)12-24-19(18-13-28-11-10-22-18)23-17-5-3-2-4-16(17)20(24)25/h2-9,18,22H,10-13H2,1H3/t18-/m1/s1. The Balaban J connectivity index is 1.76. The van der Waals surface area contributed by atoms with Crippen molar-refractivity contribution in [3.63, 3.8) is 0 Å². The second-order valence-electron chi connectivity index (χ2n) is 6.65. The summed E-state index contributed by atoms with van der Waals surface area (Å²) in [6, 6.07) is 14.2. The first-order valence-corrected chi connectivity index (χ1v) is 9.15. The normalized spacial score (nSPS) is 16.8. The van der Waals surface area contributed by atoms with Crippen molar-refractivity contribution < 1.29 is 14.3 Å². The Kier molecular flexibility index (Phi) is 5.18. The largest absolute Gasteiger partial charge is 0.465 e. The average Bonchev–Trinajstić information content (AvgIpc) is 2.76. The molecular weight excluding hydrogens is 358 g/mol. The quantitative estimate of drug-likeness (QED) is 0.697. The number of methoxy groups -OCH3 is 1. The van der Waals surface area contributed by atoms with Crippen molar-refractivity contribution in [2.24, 2.45) is 0 Å². The van der Waals surface area contributed by atoms with E-state index >= 15 is 0 Å². The fourth-order valence-corrected chi connectivity index (χ4v) is 3.38. The van der Waals surface area contributed by atoms with Gasteiger partial charge in [0.2, 0.25) is 0 Å². The third kappa shape index (κ3) is 3.54. The van der Waals surface area contributed by atoms with Crippen LogP contribution in [0.25, 0.3) is 10.9 Å². The van der Waals surface area contributed by atoms with E-state index in [9.17, 15) is 9.59 Å². The third-order valence-corrected chi connectivity index (χ3v) is 4.84. The van der Waals surface area contributed by atoms with Gasteiger partial charge in [0.05, 0.1) is 49.4 Å². The Morgan fingerprint density at radius 2 is 2.04 bits per heavy atom. The van der Waals surface area contributed by atoms with Crippen molar-refractivity contribution in [1.29, 1.82) is 0 Å². The zero-order valence-electron chi connectivity index (χ0n) is 15.6. The van der Waals surface area contributed by atoms with E-state index in [1.54, 1.807) is 22.8 Å². The van der Waals surface area contributed by atoms with Crippen LogP contribution in [0.2, 0.25) is 0 Å². The Labute approximate surface area is 161 Å². The smallest absolute Gasteiger partial charge is 0.337 e. The molecule has 0 amide bonds. The maximum atomic E-state index is 13.2. The lowest BCUT2D eigenvalue weighted by Gasteiger charge is -2.26. The highest BCUT2D eigenvalue weighted by Crippen LogP contribution is 2.18. The van der Waals surface area contributed by atoms with Crippen molar-refractivity contribution in [3.05, 3.63) is 75.8 Å². The van der Waals surface area contributed by atoms with Crippen LogP contribution in [0, 0.1) is 0 Å². The Morgan fingerprint density at radius 3 is 2.75 bits per heavy atom. The molecule has 4 rings (SSSR count). The molecule has 7 heteroatoms. The van der Waals surface area contributed by atoms with E-state index in [2.05, 4.69) is 5.32 Å². The summed E-state index contributed by atoms with van der Waals surface area (Å²) in [6.45, 7) is 2.17. The molecule has 144 valence electrons. The maximum absolute atomic E-state index is 13.2. The first-order chi connectivity index (χ1) is 13.7. The monoisotopic (exact) mass is 379 g/mol. The lowest BCUT2D eigenvalue weighted by molar-refractivity contribution is 0.0600. The fraction of sp³-hybridized carbons (Fsp3) is 0.286. The summed E-state index contributed by atoms with van der Waals surface area (Å²) < 4.78 is 12.0. The van der Waals surface area contributed by atoms with E-state index in [0.29, 0.717) is 48.6 Å². The van der Waals surface area contributed by atoms with Gasteiger partial charge in [-0.05, 0) is 29.8 Å². The number of hydrogen-bond acceptors (Lipinski definition) is 6. The molecule has 1 aliphatic rings. The van der Waals surface area contributed by atoms with Gasteiger partial charge in [0.1, 0.15) is 5.82 Å². The van der Waals surface area contributed by atoms with E-state index < -0.39 is 0 Å². The molecular formula is C21H21N3O4. The molecule has 0 unspecified atom stereocenters. The van der Waals surface area contributed by atoms with Crippen molar-refractivity contribution in [1.82, 2.24) is 14.9 Å². The van der Waals surface area contributed by atoms with Crippen LogP contribution < -0.4 is 10.9 Å². The van der Waals surface area contributed by atoms with Gasteiger partial charge < -0.3 is 14.8 Å². The van der Waals surface area contributed by atoms with E-state index in [0.717, 1.165) is 5.56 Å². The first kappa shape index (κ1) is 18.3. The summed E-state index contributed by atoms with van der Waals surface area (Å²) >= 11 is 0. The van der Waals surface area contributed by atoms with Crippen molar-refractivity contribution in [2.75, 3.05) is 26.9 Å². The predicted molar refractivity (Wildman–Crippen MR) is 104 cm³/mol. The number of carbonyl (C=O) groups excluding carboxylic acids is 1. The molecule has 0 aliphatic carbocycles. The Morgan fingerprint density at radius 1 is 1.25 bits per heavy atom. The van der Waals surface area contributed by atoms with Crippen LogP contribution >= 0.6 is 0 Å². The van der Waals surface area contributed by atoms with Crippen LogP contribution in [0.15, 0.2) is 53.3 Å². The first-order valence-electron chi connectivity index (χ1n) is 9.15. The zero-order chi connectivity index (χ0) is 19.5. The third-order valence-electron chi connectivity index (χ3n) is 4.84. The molecule has 1 aromatic heterocycles. The van der Waals surface area contributed by atoms with Crippen molar-refractivity contribution in [2.45, 2.75) is 12.6 Å². The molecule has 1 N–H and O–H groups in total. The van der Waals surface area contributed by atoms with Crippen LogP contribution in [0.4, 0.5) is 0 Å². The number of para-hydroxylation sites is 1. The van der Waals surface area contributed by atoms with Gasteiger partial charge in [0.25, 0.3) is 5.56 Å². The SMILES string of the molecule is COC(=O)c1ccc(Cn2c([C@H]3COCCN3)nc3ccccc3c2=O)cc1. The second kappa shape index (κ2) is 7.92. The van der Waals surface area contributed by atoms with Gasteiger partial charge in [-0.15, -0.1) is 0 Å². The summed E-state index contributed by atoms with van der Waals surface area (Å²) in [5.74, 6) is 0.265. The van der Waals surface area contributed by atoms with E-state index in [4.69, 9.17) is 14.5 Å². The molecule has 2 aromatic carbocycles. The van der Waals surface area contributed by atoms with Crippen molar-refractivity contribution in [3.8, 4) is 0 Å². The Hall–Kier alpha value is -3.03. The number of morpholine rings is 1. The molecule has 28 heavy (non-hydrogen) atoms. The number of hydrogen-bond donors (Lipinski definition) is 1. The highest BCUT2D eigenvalue weighted by molar-refractivity contribution is 5.89. The molecule has 2 heterocycles. The molecule has 1 fully saturated rings. The second-order valence-corrected chi connectivity index (χ2v) is 6.65. The van der Waals surface area contributed by atoms with Crippen LogP contribution in [-0.4, -0.2) is 42.4 Å². The molecule has 1 aliphatic heterocycles. The van der Waals surface area contributed by atoms with Gasteiger partial charge in [0, 0.05) is 6.54 Å². The van der Waals surface area contributed by atoms with Gasteiger partial charge in [-0.1, -0.05) is 24.3 Å². The number of aromatic nitrogens is 2. The number of fused-ring (bicyclic) bond motifs is 1. The predicted octanol–water partition coefficient (Wildman–Crippen LogP) is 1.89. The van der Waals surface area contributed by atoms with Crippen LogP contribution in [-0.2, 0) is 16.0 Å². The van der Waals surface area contributed by atoms with Gasteiger partial charge in [-0.2, -0.15) is 0 Å². The van der Waals surface area contributed by atoms with Crippen LogP contribution in [0.5, 0.6) is 0 Å². The van der Waals surface area contributed by atoms with Gasteiger partial charge in [-0.25, -0.2) is 9.78 Å². The number of benzene rings is 2. The van der Waals surface area contributed by atoms with Gasteiger partial charge >= 0.3 is 5.97 Å². The van der Waals surface area contributed by atoms with Gasteiger partial charge in [0.15, 0.2) is 0 Å². The minimum atomic E-state index is -0.389. The lowest BCUT2D eigenvalue weighted by atomic mass is 10.1. The van der Waals surface area contributed by atoms with Gasteiger partial charge in [-0.3, -0.25) is 9.36 Å². The summed E-state index contributed by atoms with van der Waals surface area (Å²) in [7, 11) is 1.35. The highest BCUT2D eigenvalue weighted by Gasteiger charge is 2.22. The van der Waals surface area contributed by atoms with Crippen molar-refractivity contribution >= 4 is 16.9 Å². The fourth-order valence-electron chi connectivity index (χ4n) is 3.38. The Bertz CT molecular complexity index is 1050. The molecule has 7 nitrogen and oxygen atoms in total. The summed E-state index contributed by atoms with van der Waals surface area (Å²) in [5, 5.41) is 3.95. The lowest BCUT2D eigenvalue weighted by Crippen LogP contribution is -2.39. The molecule has 0 radical (unpaired) electrons. The molecule has 1 saturated heterocycles. The van der Waals surface area contributed by atoms with Crippen LogP contribution in [0.3, 0.4) is 0 Å². The summed E-state index contributed by atoms with van der Waals surface area (Å²) in [4.78, 5) is 29.6. The van der Waals surface area contributed by atoms with E-state index in [-0.39, 0.29) is 17.6 Å². The molecule has 0 bridgehead atoms. The van der Waals surface area contributed by atoms with E-state index in [1.165, 1.54) is 7.11 Å². The topological polar surface area (TPSA) is 82.4 Å². The minimum Gasteiger partial charge on any atom is -0.465 e. The van der Waals surface area contributed by atoms with Crippen LogP contribution in [0.1, 0.15) is 27.8 Å². The maximum Gasteiger partial charge on any atom is 0.337 e. The highest BCUT2D eigenvalue weighted by atomic mass is 16.5. The molecule has 0 saturated carbocycles. The number of nitrogens with zero attached hydrogens (tertiary/aromatic N) is 2. The average molecular weight is 379 g/mol. The zero-order valence-corrected chi connectivity index (χ0v) is 15.6. The minimum absolute atomic E-state index is 0.0926. The summed E-state index contributed by atoms with van der Waals surface area (Å²) in [6.07, 6.45) is 0. The molecule has 1 atom stereocenters. The molecule has 3 aromatic rings. The number of rotatable bonds is 4. The number of nitrogens with one attached hydrogen (secondary N) is 1. The number of ether oxygens (including phenoxy) is 2. The number of esters is 1.